The van der Waals surface area contributed by atoms with E-state index in [4.69, 9.17) is 46.4 Å². The minimum Gasteiger partial charge on any atom is -0.352 e. The lowest BCUT2D eigenvalue weighted by Crippen LogP contribution is -2.52. The van der Waals surface area contributed by atoms with Gasteiger partial charge in [-0.05, 0) is 68.8 Å². The Hall–Kier alpha value is -2.49. The van der Waals surface area contributed by atoms with Gasteiger partial charge in [-0.1, -0.05) is 70.7 Å². The van der Waals surface area contributed by atoms with Crippen LogP contribution in [0.4, 0.5) is 5.69 Å². The maximum absolute atomic E-state index is 13.9. The van der Waals surface area contributed by atoms with Crippen molar-refractivity contribution in [2.75, 3.05) is 10.8 Å². The van der Waals surface area contributed by atoms with Gasteiger partial charge in [-0.2, -0.15) is 0 Å². The first-order chi connectivity index (χ1) is 18.3. The van der Waals surface area contributed by atoms with Crippen LogP contribution in [0.1, 0.15) is 26.3 Å². The molecule has 3 aromatic carbocycles. The fraction of sp³-hybridized carbons (Fsp3) is 0.259. The smallest absolute Gasteiger partial charge is 0.264 e. The SMILES string of the molecule is CC(C)NC(=O)C(C)N(Cc1ccc(Cl)cc1Cl)C(=O)CN(c1ccc(Cl)cc1Cl)S(=O)(=O)c1ccccc1. The molecule has 3 aromatic rings. The number of hydrogen-bond donors (Lipinski definition) is 1. The van der Waals surface area contributed by atoms with Gasteiger partial charge in [0.1, 0.15) is 12.6 Å². The van der Waals surface area contributed by atoms with Crippen molar-refractivity contribution in [2.24, 2.45) is 0 Å². The van der Waals surface area contributed by atoms with Crippen LogP contribution < -0.4 is 9.62 Å². The number of anilines is 1. The van der Waals surface area contributed by atoms with Gasteiger partial charge in [0.2, 0.25) is 11.8 Å². The Kier molecular flexibility index (Phi) is 10.5. The van der Waals surface area contributed by atoms with E-state index in [-0.39, 0.29) is 28.2 Å². The van der Waals surface area contributed by atoms with Crippen LogP contribution in [0.2, 0.25) is 20.1 Å². The fourth-order valence-electron chi connectivity index (χ4n) is 3.74. The van der Waals surface area contributed by atoms with Crippen molar-refractivity contribution >= 4 is 73.9 Å². The van der Waals surface area contributed by atoms with Crippen LogP contribution in [0.5, 0.6) is 0 Å². The second-order valence-electron chi connectivity index (χ2n) is 9.02. The molecule has 0 saturated heterocycles. The lowest BCUT2D eigenvalue weighted by atomic mass is 10.1. The molecule has 12 heteroatoms. The number of nitrogens with one attached hydrogen (secondary N) is 1. The van der Waals surface area contributed by atoms with Crippen molar-refractivity contribution in [2.45, 2.75) is 44.3 Å². The van der Waals surface area contributed by atoms with Gasteiger partial charge in [0.05, 0.1) is 15.6 Å². The first-order valence-electron chi connectivity index (χ1n) is 11.9. The normalized spacial score (nSPS) is 12.2. The molecule has 208 valence electrons. The number of halogens is 4. The second-order valence-corrected chi connectivity index (χ2v) is 12.6. The largest absolute Gasteiger partial charge is 0.352 e. The minimum atomic E-state index is -4.26. The molecule has 0 heterocycles. The van der Waals surface area contributed by atoms with E-state index in [9.17, 15) is 18.0 Å². The molecule has 1 N–H and O–H groups in total. The standard InChI is InChI=1S/C27H27Cl4N3O4S/c1-17(2)32-27(36)18(3)33(15-19-9-10-20(28)13-23(19)30)26(35)16-34(25-12-11-21(29)14-24(25)31)39(37,38)22-7-5-4-6-8-22/h4-14,17-18H,15-16H2,1-3H3,(H,32,36). The molecule has 0 radical (unpaired) electrons. The summed E-state index contributed by atoms with van der Waals surface area (Å²) in [7, 11) is -4.26. The molecule has 0 saturated carbocycles. The summed E-state index contributed by atoms with van der Waals surface area (Å²) in [6.07, 6.45) is 0. The van der Waals surface area contributed by atoms with Crippen LogP contribution in [-0.4, -0.2) is 43.8 Å². The summed E-state index contributed by atoms with van der Waals surface area (Å²) in [6, 6.07) is 15.6. The lowest BCUT2D eigenvalue weighted by molar-refractivity contribution is -0.139. The number of carbonyl (C=O) groups excluding carboxylic acids is 2. The zero-order valence-corrected chi connectivity index (χ0v) is 25.2. The zero-order valence-electron chi connectivity index (χ0n) is 21.4. The molecule has 0 spiro atoms. The third-order valence-corrected chi connectivity index (χ3v) is 8.64. The Labute approximate surface area is 248 Å². The summed E-state index contributed by atoms with van der Waals surface area (Å²) in [4.78, 5) is 28.1. The molecule has 1 atom stereocenters. The van der Waals surface area contributed by atoms with E-state index in [1.807, 2.05) is 0 Å². The molecule has 2 amide bonds. The third-order valence-electron chi connectivity index (χ3n) is 5.74. The van der Waals surface area contributed by atoms with Gasteiger partial charge < -0.3 is 10.2 Å². The summed E-state index contributed by atoms with van der Waals surface area (Å²) in [5.41, 5.74) is 0.586. The summed E-state index contributed by atoms with van der Waals surface area (Å²) >= 11 is 24.9. The van der Waals surface area contributed by atoms with Crippen LogP contribution >= 0.6 is 46.4 Å². The van der Waals surface area contributed by atoms with E-state index >= 15 is 0 Å². The quantitative estimate of drug-likeness (QED) is 0.279. The van der Waals surface area contributed by atoms with E-state index < -0.39 is 34.4 Å². The molecule has 0 aliphatic rings. The topological polar surface area (TPSA) is 86.8 Å². The highest BCUT2D eigenvalue weighted by atomic mass is 35.5. The van der Waals surface area contributed by atoms with Gasteiger partial charge >= 0.3 is 0 Å². The van der Waals surface area contributed by atoms with E-state index in [1.54, 1.807) is 51.1 Å². The fourth-order valence-corrected chi connectivity index (χ4v) is 6.22. The first kappa shape index (κ1) is 31.0. The van der Waals surface area contributed by atoms with Gasteiger partial charge in [-0.25, -0.2) is 8.42 Å². The van der Waals surface area contributed by atoms with Gasteiger partial charge in [-0.3, -0.25) is 13.9 Å². The van der Waals surface area contributed by atoms with Gasteiger partial charge in [0.25, 0.3) is 10.0 Å². The number of benzene rings is 3. The monoisotopic (exact) mass is 629 g/mol. The van der Waals surface area contributed by atoms with Crippen LogP contribution in [0.15, 0.2) is 71.6 Å². The second kappa shape index (κ2) is 13.2. The van der Waals surface area contributed by atoms with Crippen molar-refractivity contribution in [3.8, 4) is 0 Å². The number of hydrogen-bond acceptors (Lipinski definition) is 4. The van der Waals surface area contributed by atoms with E-state index in [0.717, 1.165) is 4.31 Å². The Morgan fingerprint density at radius 3 is 2.00 bits per heavy atom. The first-order valence-corrected chi connectivity index (χ1v) is 14.8. The minimum absolute atomic E-state index is 0.0349. The van der Waals surface area contributed by atoms with Crippen LogP contribution in [-0.2, 0) is 26.2 Å². The molecule has 0 fully saturated rings. The van der Waals surface area contributed by atoms with Gasteiger partial charge in [-0.15, -0.1) is 0 Å². The summed E-state index contributed by atoms with van der Waals surface area (Å²) in [6.45, 7) is 4.43. The molecular weight excluding hydrogens is 604 g/mol. The van der Waals surface area contributed by atoms with Crippen molar-refractivity contribution in [1.82, 2.24) is 10.2 Å². The summed E-state index contributed by atoms with van der Waals surface area (Å²) in [5.74, 6) is -1.07. The van der Waals surface area contributed by atoms with Crippen LogP contribution in [0.3, 0.4) is 0 Å². The molecule has 3 rings (SSSR count). The highest BCUT2D eigenvalue weighted by Crippen LogP contribution is 2.33. The van der Waals surface area contributed by atoms with Crippen LogP contribution in [0.25, 0.3) is 0 Å². The third kappa shape index (κ3) is 7.80. The Morgan fingerprint density at radius 1 is 0.846 bits per heavy atom. The van der Waals surface area contributed by atoms with E-state index in [0.29, 0.717) is 20.6 Å². The van der Waals surface area contributed by atoms with Gasteiger partial charge in [0.15, 0.2) is 0 Å². The summed E-state index contributed by atoms with van der Waals surface area (Å²) in [5, 5.41) is 3.83. The predicted octanol–water partition coefficient (Wildman–Crippen LogP) is 6.44. The summed E-state index contributed by atoms with van der Waals surface area (Å²) < 4.78 is 28.5. The molecule has 0 bridgehead atoms. The number of sulfonamides is 1. The van der Waals surface area contributed by atoms with E-state index in [1.165, 1.54) is 41.3 Å². The average Bonchev–Trinajstić information content (AvgIpc) is 2.87. The molecule has 0 aromatic heterocycles. The molecule has 1 unspecified atom stereocenters. The Balaban J connectivity index is 2.08. The number of carbonyl (C=O) groups is 2. The predicted molar refractivity (Wildman–Crippen MR) is 157 cm³/mol. The number of rotatable bonds is 10. The van der Waals surface area contributed by atoms with Crippen LogP contribution in [0, 0.1) is 0 Å². The zero-order chi connectivity index (χ0) is 28.9. The average molecular weight is 631 g/mol. The maximum atomic E-state index is 13.9. The van der Waals surface area contributed by atoms with Crippen molar-refractivity contribution in [3.05, 3.63) is 92.4 Å². The molecule has 39 heavy (non-hydrogen) atoms. The number of amides is 2. The maximum Gasteiger partial charge on any atom is 0.264 e. The van der Waals surface area contributed by atoms with Crippen molar-refractivity contribution < 1.29 is 18.0 Å². The van der Waals surface area contributed by atoms with Crippen molar-refractivity contribution in [1.29, 1.82) is 0 Å². The Bertz CT molecular complexity index is 1450. The molecular formula is C27H27Cl4N3O4S. The molecule has 0 aliphatic heterocycles. The lowest BCUT2D eigenvalue weighted by Gasteiger charge is -2.32. The highest BCUT2D eigenvalue weighted by molar-refractivity contribution is 7.92. The van der Waals surface area contributed by atoms with Crippen molar-refractivity contribution in [3.63, 3.8) is 0 Å². The Morgan fingerprint density at radius 2 is 1.44 bits per heavy atom. The highest BCUT2D eigenvalue weighted by Gasteiger charge is 2.33. The molecule has 0 aliphatic carbocycles. The van der Waals surface area contributed by atoms with Gasteiger partial charge in [0, 0.05) is 27.7 Å². The molecule has 7 nitrogen and oxygen atoms in total. The number of nitrogens with zero attached hydrogens (tertiary/aromatic N) is 2. The van der Waals surface area contributed by atoms with E-state index in [2.05, 4.69) is 5.32 Å².